The fourth-order valence-electron chi connectivity index (χ4n) is 3.14. The summed E-state index contributed by atoms with van der Waals surface area (Å²) in [5.41, 5.74) is 3.82. The maximum Gasteiger partial charge on any atom is 0.209 e. The van der Waals surface area contributed by atoms with Crippen LogP contribution in [-0.2, 0) is 13.0 Å². The Kier molecular flexibility index (Phi) is 3.49. The van der Waals surface area contributed by atoms with Crippen LogP contribution in [0.5, 0.6) is 0 Å². The number of aromatic amines is 1. The molecular weight excluding hydrogens is 335 g/mol. The van der Waals surface area contributed by atoms with Crippen molar-refractivity contribution in [2.75, 3.05) is 11.4 Å². The van der Waals surface area contributed by atoms with E-state index in [4.69, 9.17) is 16.1 Å². The molecule has 3 aromatic rings. The maximum atomic E-state index is 14.7. The Morgan fingerprint density at radius 1 is 1.42 bits per heavy atom. The van der Waals surface area contributed by atoms with E-state index in [2.05, 4.69) is 30.7 Å². The van der Waals surface area contributed by atoms with Gasteiger partial charge in [0.05, 0.1) is 22.0 Å². The lowest BCUT2D eigenvalue weighted by atomic mass is 10.1. The van der Waals surface area contributed by atoms with Gasteiger partial charge in [0.15, 0.2) is 5.82 Å². The lowest BCUT2D eigenvalue weighted by molar-refractivity contribution is 0.392. The van der Waals surface area contributed by atoms with Gasteiger partial charge in [-0.05, 0) is 37.1 Å². The summed E-state index contributed by atoms with van der Waals surface area (Å²) in [4.78, 5) is 2.08. The van der Waals surface area contributed by atoms with E-state index >= 15 is 0 Å². The first kappa shape index (κ1) is 15.1. The topological polar surface area (TPSA) is 83.7 Å². The smallest absolute Gasteiger partial charge is 0.209 e. The molecule has 1 aliphatic heterocycles. The van der Waals surface area contributed by atoms with Crippen molar-refractivity contribution >= 4 is 17.3 Å². The highest BCUT2D eigenvalue weighted by Crippen LogP contribution is 2.42. The van der Waals surface area contributed by atoms with Crippen LogP contribution in [0.15, 0.2) is 10.6 Å². The normalized spacial score (nSPS) is 13.6. The Balaban J connectivity index is 1.84. The van der Waals surface area contributed by atoms with Gasteiger partial charge in [0.25, 0.3) is 0 Å². The predicted molar refractivity (Wildman–Crippen MR) is 85.3 cm³/mol. The summed E-state index contributed by atoms with van der Waals surface area (Å²) in [6, 6.07) is 1.67. The lowest BCUT2D eigenvalue weighted by Gasteiger charge is -2.22. The number of nitrogens with one attached hydrogen (secondary N) is 1. The average molecular weight is 349 g/mol. The Morgan fingerprint density at radius 2 is 2.25 bits per heavy atom. The molecule has 0 unspecified atom stereocenters. The molecule has 0 spiro atoms. The van der Waals surface area contributed by atoms with Gasteiger partial charge >= 0.3 is 0 Å². The molecule has 124 valence electrons. The molecule has 7 nitrogen and oxygen atoms in total. The van der Waals surface area contributed by atoms with E-state index < -0.39 is 5.82 Å². The quantitative estimate of drug-likeness (QED) is 0.783. The first-order valence-electron chi connectivity index (χ1n) is 7.47. The Morgan fingerprint density at radius 3 is 2.92 bits per heavy atom. The molecule has 0 aliphatic carbocycles. The van der Waals surface area contributed by atoms with Gasteiger partial charge in [-0.1, -0.05) is 16.8 Å². The third-order valence-corrected chi connectivity index (χ3v) is 4.61. The number of hydrogen-bond acceptors (Lipinski definition) is 6. The van der Waals surface area contributed by atoms with Gasteiger partial charge in [-0.2, -0.15) is 5.21 Å². The molecule has 0 radical (unpaired) electrons. The van der Waals surface area contributed by atoms with E-state index in [9.17, 15) is 4.39 Å². The molecule has 1 aliphatic rings. The number of tetrazole rings is 1. The van der Waals surface area contributed by atoms with Crippen molar-refractivity contribution in [2.24, 2.45) is 0 Å². The van der Waals surface area contributed by atoms with E-state index in [0.717, 1.165) is 41.2 Å². The number of aryl methyl sites for hydroxylation is 2. The molecule has 2 aromatic heterocycles. The summed E-state index contributed by atoms with van der Waals surface area (Å²) < 4.78 is 19.9. The van der Waals surface area contributed by atoms with Crippen molar-refractivity contribution in [1.29, 1.82) is 0 Å². The maximum absolute atomic E-state index is 14.7. The van der Waals surface area contributed by atoms with Crippen molar-refractivity contribution < 1.29 is 8.91 Å². The van der Waals surface area contributed by atoms with Gasteiger partial charge in [-0.25, -0.2) is 4.39 Å². The summed E-state index contributed by atoms with van der Waals surface area (Å²) in [5.74, 6) is 0.413. The lowest BCUT2D eigenvalue weighted by Crippen LogP contribution is -2.21. The minimum Gasteiger partial charge on any atom is -0.366 e. The summed E-state index contributed by atoms with van der Waals surface area (Å²) in [5, 5.41) is 17.8. The number of halogens is 2. The summed E-state index contributed by atoms with van der Waals surface area (Å²) in [7, 11) is 0. The fraction of sp³-hybridized carbons (Fsp3) is 0.333. The molecule has 24 heavy (non-hydrogen) atoms. The Hall–Kier alpha value is -2.48. The highest BCUT2D eigenvalue weighted by atomic mass is 35.5. The number of H-pyrrole nitrogens is 1. The summed E-state index contributed by atoms with van der Waals surface area (Å²) in [6.07, 6.45) is 0.767. The molecule has 0 amide bonds. The standard InChI is InChI=1S/C15H14ClFN6O/c1-7-10(8(2)24-20-7)6-23-4-3-9-5-11(16)13(17)12(14(9)23)15-18-21-22-19-15/h5H,3-4,6H2,1-2H3,(H,18,19,21,22). The van der Waals surface area contributed by atoms with E-state index in [-0.39, 0.29) is 16.4 Å². The molecule has 3 heterocycles. The van der Waals surface area contributed by atoms with Crippen LogP contribution < -0.4 is 4.90 Å². The van der Waals surface area contributed by atoms with Crippen LogP contribution in [-0.4, -0.2) is 32.3 Å². The number of anilines is 1. The van der Waals surface area contributed by atoms with Crippen molar-refractivity contribution in [3.05, 3.63) is 39.5 Å². The zero-order valence-corrected chi connectivity index (χ0v) is 13.9. The van der Waals surface area contributed by atoms with Crippen LogP contribution in [0, 0.1) is 19.7 Å². The van der Waals surface area contributed by atoms with Crippen molar-refractivity contribution in [3.8, 4) is 11.4 Å². The molecule has 0 saturated heterocycles. The van der Waals surface area contributed by atoms with Crippen LogP contribution in [0.1, 0.15) is 22.6 Å². The first-order valence-corrected chi connectivity index (χ1v) is 7.85. The molecule has 9 heteroatoms. The molecule has 1 N–H and O–H groups in total. The van der Waals surface area contributed by atoms with E-state index in [0.29, 0.717) is 6.54 Å². The van der Waals surface area contributed by atoms with E-state index in [1.165, 1.54) is 0 Å². The first-order chi connectivity index (χ1) is 11.6. The summed E-state index contributed by atoms with van der Waals surface area (Å²) >= 11 is 6.05. The summed E-state index contributed by atoms with van der Waals surface area (Å²) in [6.45, 7) is 5.07. The van der Waals surface area contributed by atoms with Gasteiger partial charge in [-0.15, -0.1) is 10.2 Å². The Bertz CT molecular complexity index is 888. The van der Waals surface area contributed by atoms with Crippen molar-refractivity contribution in [1.82, 2.24) is 25.8 Å². The minimum atomic E-state index is -0.539. The monoisotopic (exact) mass is 348 g/mol. The second kappa shape index (κ2) is 5.55. The number of aromatic nitrogens is 5. The minimum absolute atomic E-state index is 0.0627. The second-order valence-corrected chi connectivity index (χ2v) is 6.17. The molecule has 0 fully saturated rings. The number of benzene rings is 1. The van der Waals surface area contributed by atoms with Crippen LogP contribution in [0.3, 0.4) is 0 Å². The third kappa shape index (κ3) is 2.25. The van der Waals surface area contributed by atoms with Crippen LogP contribution in [0.2, 0.25) is 5.02 Å². The molecule has 1 aromatic carbocycles. The highest BCUT2D eigenvalue weighted by molar-refractivity contribution is 6.31. The number of hydrogen-bond donors (Lipinski definition) is 1. The Labute approximate surface area is 141 Å². The highest BCUT2D eigenvalue weighted by Gasteiger charge is 2.30. The number of fused-ring (bicyclic) bond motifs is 1. The van der Waals surface area contributed by atoms with Gasteiger partial charge in [0.1, 0.15) is 5.76 Å². The average Bonchev–Trinajstić information content (AvgIpc) is 3.27. The van der Waals surface area contributed by atoms with Crippen LogP contribution in [0.25, 0.3) is 11.4 Å². The van der Waals surface area contributed by atoms with Crippen molar-refractivity contribution in [3.63, 3.8) is 0 Å². The van der Waals surface area contributed by atoms with Gasteiger partial charge in [0, 0.05) is 18.7 Å². The molecule has 0 atom stereocenters. The molecule has 0 bridgehead atoms. The second-order valence-electron chi connectivity index (χ2n) is 5.76. The number of nitrogens with zero attached hydrogens (tertiary/aromatic N) is 5. The zero-order valence-electron chi connectivity index (χ0n) is 13.1. The van der Waals surface area contributed by atoms with Crippen LogP contribution >= 0.6 is 11.6 Å². The largest absolute Gasteiger partial charge is 0.366 e. The molecular formula is C15H14ClFN6O. The third-order valence-electron chi connectivity index (χ3n) is 4.34. The fourth-order valence-corrected chi connectivity index (χ4v) is 3.36. The van der Waals surface area contributed by atoms with Crippen LogP contribution in [0.4, 0.5) is 10.1 Å². The molecule has 4 rings (SSSR count). The SMILES string of the molecule is Cc1noc(C)c1CN1CCc2cc(Cl)c(F)c(-c3nn[nH]n3)c21. The van der Waals surface area contributed by atoms with Gasteiger partial charge in [-0.3, -0.25) is 0 Å². The number of rotatable bonds is 3. The van der Waals surface area contributed by atoms with E-state index in [1.54, 1.807) is 6.07 Å². The van der Waals surface area contributed by atoms with Gasteiger partial charge < -0.3 is 9.42 Å². The van der Waals surface area contributed by atoms with Gasteiger partial charge in [0.2, 0.25) is 5.82 Å². The molecule has 0 saturated carbocycles. The zero-order chi connectivity index (χ0) is 16.8. The predicted octanol–water partition coefficient (Wildman–Crippen LogP) is 2.83. The van der Waals surface area contributed by atoms with Crippen molar-refractivity contribution in [2.45, 2.75) is 26.8 Å². The van der Waals surface area contributed by atoms with E-state index in [1.807, 2.05) is 13.8 Å².